The van der Waals surface area contributed by atoms with Crippen molar-refractivity contribution in [1.29, 1.82) is 0 Å². The molecule has 2 atom stereocenters. The van der Waals surface area contributed by atoms with E-state index in [1.165, 1.54) is 12.5 Å². The van der Waals surface area contributed by atoms with E-state index in [-0.39, 0.29) is 17.5 Å². The first-order chi connectivity index (χ1) is 11.0. The third-order valence-corrected chi connectivity index (χ3v) is 4.25. The molecule has 124 valence electrons. The van der Waals surface area contributed by atoms with Gasteiger partial charge in [-0.15, -0.1) is 0 Å². The van der Waals surface area contributed by atoms with E-state index in [9.17, 15) is 13.9 Å². The molecule has 2 aromatic rings. The first kappa shape index (κ1) is 16.1. The molecule has 3 rings (SSSR count). The second kappa shape index (κ2) is 6.37. The van der Waals surface area contributed by atoms with Crippen molar-refractivity contribution >= 4 is 0 Å². The standard InChI is InChI=1S/C17H20F2N2O2/c1-10(2)17-15(20-9-23-17)8-21-7-12(22)6-16(21)13-5-11(18)3-4-14(13)19/h3-5,9-10,12,16,22H,6-8H2,1-2H3. The summed E-state index contributed by atoms with van der Waals surface area (Å²) in [4.78, 5) is 6.16. The van der Waals surface area contributed by atoms with Crippen LogP contribution < -0.4 is 0 Å². The topological polar surface area (TPSA) is 49.5 Å². The lowest BCUT2D eigenvalue weighted by molar-refractivity contribution is 0.171. The first-order valence-corrected chi connectivity index (χ1v) is 7.75. The van der Waals surface area contributed by atoms with Crippen molar-refractivity contribution in [1.82, 2.24) is 9.88 Å². The van der Waals surface area contributed by atoms with Crippen LogP contribution in [0.15, 0.2) is 29.0 Å². The molecule has 1 N–H and O–H groups in total. The van der Waals surface area contributed by atoms with Gasteiger partial charge in [0.2, 0.25) is 0 Å². The third kappa shape index (κ3) is 3.28. The summed E-state index contributed by atoms with van der Waals surface area (Å²) >= 11 is 0. The summed E-state index contributed by atoms with van der Waals surface area (Å²) in [5.74, 6) is 0.0287. The predicted octanol–water partition coefficient (Wildman–Crippen LogP) is 3.38. The average molecular weight is 322 g/mol. The molecule has 2 unspecified atom stereocenters. The van der Waals surface area contributed by atoms with Crippen molar-refractivity contribution in [2.45, 2.75) is 44.9 Å². The van der Waals surface area contributed by atoms with Gasteiger partial charge in [-0.05, 0) is 24.6 Å². The Balaban J connectivity index is 1.88. The number of hydrogen-bond acceptors (Lipinski definition) is 4. The number of aliphatic hydroxyl groups excluding tert-OH is 1. The highest BCUT2D eigenvalue weighted by Gasteiger charge is 2.34. The van der Waals surface area contributed by atoms with Crippen LogP contribution in [0.3, 0.4) is 0 Å². The van der Waals surface area contributed by atoms with Gasteiger partial charge in [0.1, 0.15) is 17.4 Å². The lowest BCUT2D eigenvalue weighted by Crippen LogP contribution is -2.25. The Morgan fingerprint density at radius 2 is 2.17 bits per heavy atom. The number of aliphatic hydroxyl groups is 1. The van der Waals surface area contributed by atoms with Crippen molar-refractivity contribution in [3.05, 3.63) is 53.2 Å². The summed E-state index contributed by atoms with van der Waals surface area (Å²) in [5.41, 5.74) is 1.05. The SMILES string of the molecule is CC(C)c1ocnc1CN1CC(O)CC1c1cc(F)ccc1F. The second-order valence-corrected chi connectivity index (χ2v) is 6.32. The number of hydrogen-bond donors (Lipinski definition) is 1. The van der Waals surface area contributed by atoms with Gasteiger partial charge < -0.3 is 9.52 Å². The Morgan fingerprint density at radius 1 is 1.39 bits per heavy atom. The van der Waals surface area contributed by atoms with Gasteiger partial charge in [-0.3, -0.25) is 4.90 Å². The molecule has 0 amide bonds. The maximum atomic E-state index is 14.1. The largest absolute Gasteiger partial charge is 0.448 e. The molecular formula is C17H20F2N2O2. The highest BCUT2D eigenvalue weighted by Crippen LogP contribution is 2.35. The highest BCUT2D eigenvalue weighted by molar-refractivity contribution is 5.24. The van der Waals surface area contributed by atoms with E-state index in [0.29, 0.717) is 19.5 Å². The molecule has 0 saturated carbocycles. The molecule has 1 aromatic carbocycles. The van der Waals surface area contributed by atoms with E-state index in [0.717, 1.165) is 23.6 Å². The second-order valence-electron chi connectivity index (χ2n) is 6.32. The Kier molecular flexibility index (Phi) is 4.46. The fraction of sp³-hybridized carbons (Fsp3) is 0.471. The molecule has 0 radical (unpaired) electrons. The minimum absolute atomic E-state index is 0.185. The summed E-state index contributed by atoms with van der Waals surface area (Å²) in [7, 11) is 0. The van der Waals surface area contributed by atoms with Crippen LogP contribution in [0.2, 0.25) is 0 Å². The molecule has 6 heteroatoms. The Hall–Kier alpha value is -1.79. The molecule has 4 nitrogen and oxygen atoms in total. The Bertz CT molecular complexity index is 687. The van der Waals surface area contributed by atoms with Gasteiger partial charge in [-0.25, -0.2) is 13.8 Å². The number of nitrogens with zero attached hydrogens (tertiary/aromatic N) is 2. The van der Waals surface area contributed by atoms with E-state index in [1.807, 2.05) is 18.7 Å². The molecule has 2 heterocycles. The van der Waals surface area contributed by atoms with Crippen LogP contribution in [0.1, 0.15) is 49.2 Å². The number of benzene rings is 1. The van der Waals surface area contributed by atoms with E-state index >= 15 is 0 Å². The molecule has 0 spiro atoms. The van der Waals surface area contributed by atoms with Gasteiger partial charge in [0, 0.05) is 30.6 Å². The van der Waals surface area contributed by atoms with Crippen LogP contribution in [0.4, 0.5) is 8.78 Å². The minimum atomic E-state index is -0.572. The van der Waals surface area contributed by atoms with E-state index in [4.69, 9.17) is 4.42 Å². The minimum Gasteiger partial charge on any atom is -0.448 e. The summed E-state index contributed by atoms with van der Waals surface area (Å²) in [6.45, 7) is 4.84. The number of rotatable bonds is 4. The summed E-state index contributed by atoms with van der Waals surface area (Å²) < 4.78 is 33.0. The van der Waals surface area contributed by atoms with Crippen molar-refractivity contribution in [3.63, 3.8) is 0 Å². The van der Waals surface area contributed by atoms with Crippen molar-refractivity contribution < 1.29 is 18.3 Å². The third-order valence-electron chi connectivity index (χ3n) is 4.25. The molecule has 1 aliphatic rings. The summed E-state index contributed by atoms with van der Waals surface area (Å²) in [6, 6.07) is 3.06. The zero-order valence-corrected chi connectivity index (χ0v) is 13.2. The van der Waals surface area contributed by atoms with E-state index in [2.05, 4.69) is 4.98 Å². The molecule has 1 aromatic heterocycles. The van der Waals surface area contributed by atoms with Gasteiger partial charge in [0.25, 0.3) is 0 Å². The normalized spacial score (nSPS) is 22.2. The fourth-order valence-electron chi connectivity index (χ4n) is 3.21. The quantitative estimate of drug-likeness (QED) is 0.937. The molecular weight excluding hydrogens is 302 g/mol. The van der Waals surface area contributed by atoms with Crippen LogP contribution in [-0.4, -0.2) is 27.6 Å². The fourth-order valence-corrected chi connectivity index (χ4v) is 3.21. The lowest BCUT2D eigenvalue weighted by atomic mass is 10.0. The van der Waals surface area contributed by atoms with Crippen LogP contribution in [0.25, 0.3) is 0 Å². The number of aromatic nitrogens is 1. The highest BCUT2D eigenvalue weighted by atomic mass is 19.1. The molecule has 0 bridgehead atoms. The smallest absolute Gasteiger partial charge is 0.181 e. The van der Waals surface area contributed by atoms with E-state index < -0.39 is 17.7 Å². The summed E-state index contributed by atoms with van der Waals surface area (Å²) in [5, 5.41) is 10.00. The number of oxazole rings is 1. The number of halogens is 2. The first-order valence-electron chi connectivity index (χ1n) is 7.75. The molecule has 1 saturated heterocycles. The van der Waals surface area contributed by atoms with Gasteiger partial charge >= 0.3 is 0 Å². The van der Waals surface area contributed by atoms with Gasteiger partial charge in [-0.1, -0.05) is 13.8 Å². The van der Waals surface area contributed by atoms with Gasteiger partial charge in [0.15, 0.2) is 6.39 Å². The van der Waals surface area contributed by atoms with Crippen molar-refractivity contribution in [2.75, 3.05) is 6.54 Å². The van der Waals surface area contributed by atoms with Crippen molar-refractivity contribution in [3.8, 4) is 0 Å². The maximum absolute atomic E-state index is 14.1. The molecule has 23 heavy (non-hydrogen) atoms. The van der Waals surface area contributed by atoms with Crippen LogP contribution >= 0.6 is 0 Å². The molecule has 1 aliphatic heterocycles. The van der Waals surface area contributed by atoms with Crippen LogP contribution in [0.5, 0.6) is 0 Å². The van der Waals surface area contributed by atoms with E-state index in [1.54, 1.807) is 0 Å². The van der Waals surface area contributed by atoms with Crippen LogP contribution in [-0.2, 0) is 6.54 Å². The predicted molar refractivity (Wildman–Crippen MR) is 80.7 cm³/mol. The molecule has 0 aliphatic carbocycles. The Morgan fingerprint density at radius 3 is 2.91 bits per heavy atom. The molecule has 1 fully saturated rings. The van der Waals surface area contributed by atoms with Crippen LogP contribution in [0, 0.1) is 11.6 Å². The summed E-state index contributed by atoms with van der Waals surface area (Å²) in [6.07, 6.45) is 1.20. The van der Waals surface area contributed by atoms with Gasteiger partial charge in [-0.2, -0.15) is 0 Å². The van der Waals surface area contributed by atoms with Crippen molar-refractivity contribution in [2.24, 2.45) is 0 Å². The zero-order valence-electron chi connectivity index (χ0n) is 13.2. The monoisotopic (exact) mass is 322 g/mol. The average Bonchev–Trinajstić information content (AvgIpc) is 3.09. The lowest BCUT2D eigenvalue weighted by Gasteiger charge is -2.24. The maximum Gasteiger partial charge on any atom is 0.181 e. The number of likely N-dealkylation sites (tertiary alicyclic amines) is 1. The Labute approximate surface area is 133 Å². The van der Waals surface area contributed by atoms with Gasteiger partial charge in [0.05, 0.1) is 11.8 Å². The zero-order chi connectivity index (χ0) is 16.6. The number of β-amino-alcohol motifs (C(OH)–C–C–N with tert-alkyl or cyclic N) is 1.